The average molecular weight is 595 g/mol. The number of esters is 1. The fourth-order valence-corrected chi connectivity index (χ4v) is 8.40. The number of carbonyl (C=O) groups is 2. The number of carbonyl (C=O) groups excluding carboxylic acids is 2. The minimum atomic E-state index is -4.44. The standard InChI is InChI=1S/C33H33F3N2O5/c1-18(39)42-27-16-21(27)17-38-14-13-32-23-9-10-24(31(32)43-30-26(40)11-6-20(29(30)32)15-25(23)38)37(2)28(41)12-5-19-3-7-22(8-4-19)33(34,35)36/h3-4,6-8,11,21,23-25,27,31,40H,9-10,13-17H2,1-2H3/t21?,23-,24-,25+,27?,31-,32-/m0/s1. The summed E-state index contributed by atoms with van der Waals surface area (Å²) < 4.78 is 50.8. The first-order valence-electron chi connectivity index (χ1n) is 14.9. The molecule has 10 heteroatoms. The molecule has 1 spiro atoms. The van der Waals surface area contributed by atoms with Crippen LogP contribution in [-0.4, -0.2) is 71.2 Å². The van der Waals surface area contributed by atoms with Crippen LogP contribution >= 0.6 is 0 Å². The summed E-state index contributed by atoms with van der Waals surface area (Å²) in [6, 6.07) is 8.13. The fourth-order valence-electron chi connectivity index (χ4n) is 8.40. The molecule has 226 valence electrons. The Kier molecular flexibility index (Phi) is 6.47. The molecule has 0 aromatic heterocycles. The number of likely N-dealkylation sites (tertiary alicyclic amines) is 1. The summed E-state index contributed by atoms with van der Waals surface area (Å²) >= 11 is 0. The van der Waals surface area contributed by atoms with Crippen LogP contribution in [0.25, 0.3) is 0 Å². The summed E-state index contributed by atoms with van der Waals surface area (Å²) in [6.07, 6.45) is -0.647. The predicted molar refractivity (Wildman–Crippen MR) is 149 cm³/mol. The van der Waals surface area contributed by atoms with Gasteiger partial charge in [-0.05, 0) is 80.5 Å². The molecule has 7 atom stereocenters. The Labute approximate surface area is 247 Å². The van der Waals surface area contributed by atoms with Gasteiger partial charge >= 0.3 is 12.1 Å². The van der Waals surface area contributed by atoms with E-state index in [0.29, 0.717) is 23.7 Å². The molecule has 2 aromatic carbocycles. The van der Waals surface area contributed by atoms with E-state index in [1.165, 1.54) is 24.6 Å². The molecular weight excluding hydrogens is 561 g/mol. The van der Waals surface area contributed by atoms with Crippen molar-refractivity contribution in [1.29, 1.82) is 0 Å². The number of ether oxygens (including phenoxy) is 2. The number of piperidine rings is 1. The van der Waals surface area contributed by atoms with Gasteiger partial charge in [-0.25, -0.2) is 0 Å². The van der Waals surface area contributed by atoms with Gasteiger partial charge in [-0.1, -0.05) is 12.0 Å². The van der Waals surface area contributed by atoms with Gasteiger partial charge in [0.05, 0.1) is 11.6 Å². The zero-order valence-corrected chi connectivity index (χ0v) is 24.0. The van der Waals surface area contributed by atoms with Crippen molar-refractivity contribution >= 4 is 11.9 Å². The molecule has 7 rings (SSSR count). The number of hydrogen-bond donors (Lipinski definition) is 1. The number of alkyl halides is 3. The van der Waals surface area contributed by atoms with E-state index < -0.39 is 17.6 Å². The highest BCUT2D eigenvalue weighted by atomic mass is 19.4. The van der Waals surface area contributed by atoms with Crippen LogP contribution in [0.15, 0.2) is 36.4 Å². The Morgan fingerprint density at radius 3 is 2.67 bits per heavy atom. The van der Waals surface area contributed by atoms with Gasteiger partial charge in [-0.15, -0.1) is 0 Å². The van der Waals surface area contributed by atoms with E-state index in [-0.39, 0.29) is 47.3 Å². The maximum Gasteiger partial charge on any atom is 0.416 e. The largest absolute Gasteiger partial charge is 0.504 e. The summed E-state index contributed by atoms with van der Waals surface area (Å²) in [5, 5.41) is 10.9. The number of hydrogen-bond acceptors (Lipinski definition) is 6. The van der Waals surface area contributed by atoms with E-state index in [4.69, 9.17) is 9.47 Å². The topological polar surface area (TPSA) is 79.3 Å². The lowest BCUT2D eigenvalue weighted by Gasteiger charge is -2.60. The van der Waals surface area contributed by atoms with Crippen LogP contribution in [0.3, 0.4) is 0 Å². The van der Waals surface area contributed by atoms with Crippen LogP contribution in [0.1, 0.15) is 54.9 Å². The van der Waals surface area contributed by atoms with E-state index in [9.17, 15) is 27.9 Å². The van der Waals surface area contributed by atoms with Crippen LogP contribution in [0.2, 0.25) is 0 Å². The molecule has 3 fully saturated rings. The first kappa shape index (κ1) is 28.1. The Bertz CT molecular complexity index is 1550. The lowest BCUT2D eigenvalue weighted by Crippen LogP contribution is -2.69. The normalized spacial score (nSPS) is 31.7. The third-order valence-electron chi connectivity index (χ3n) is 10.4. The van der Waals surface area contributed by atoms with Crippen molar-refractivity contribution in [3.8, 4) is 23.3 Å². The zero-order valence-electron chi connectivity index (χ0n) is 24.0. The van der Waals surface area contributed by atoms with Crippen molar-refractivity contribution in [1.82, 2.24) is 9.80 Å². The van der Waals surface area contributed by atoms with Crippen LogP contribution in [0.4, 0.5) is 13.2 Å². The highest BCUT2D eigenvalue weighted by Gasteiger charge is 2.66. The van der Waals surface area contributed by atoms with Crippen molar-refractivity contribution in [2.24, 2.45) is 11.8 Å². The maximum atomic E-state index is 13.3. The SMILES string of the molecule is CC(=O)OC1CC1CN1CC[C@]23c4c5ccc(O)c4O[C@H]2[C@@H](N(C)C(=O)C#Cc2ccc(C(F)(F)F)cc2)CC[C@H]3[C@H]1C5. The van der Waals surface area contributed by atoms with Crippen LogP contribution in [0.5, 0.6) is 11.5 Å². The van der Waals surface area contributed by atoms with Crippen molar-refractivity contribution in [3.63, 3.8) is 0 Å². The number of rotatable bonds is 4. The average Bonchev–Trinajstić information content (AvgIpc) is 3.58. The van der Waals surface area contributed by atoms with Crippen LogP contribution < -0.4 is 4.74 Å². The van der Waals surface area contributed by atoms with Gasteiger partial charge in [0.25, 0.3) is 5.91 Å². The van der Waals surface area contributed by atoms with Crippen LogP contribution in [-0.2, 0) is 32.3 Å². The van der Waals surface area contributed by atoms with Gasteiger partial charge in [-0.3, -0.25) is 14.5 Å². The quantitative estimate of drug-likeness (QED) is 0.421. The van der Waals surface area contributed by atoms with Crippen molar-refractivity contribution < 1.29 is 37.3 Å². The highest BCUT2D eigenvalue weighted by Crippen LogP contribution is 2.64. The highest BCUT2D eigenvalue weighted by molar-refractivity contribution is 5.94. The molecule has 2 aromatic rings. The number of benzene rings is 2. The van der Waals surface area contributed by atoms with E-state index >= 15 is 0 Å². The van der Waals surface area contributed by atoms with Gasteiger partial charge in [0.1, 0.15) is 12.2 Å². The van der Waals surface area contributed by atoms with Gasteiger partial charge in [0.2, 0.25) is 0 Å². The molecule has 2 aliphatic heterocycles. The third kappa shape index (κ3) is 4.55. The van der Waals surface area contributed by atoms with Crippen LogP contribution in [0, 0.1) is 23.7 Å². The second-order valence-electron chi connectivity index (χ2n) is 12.7. The molecule has 2 saturated carbocycles. The molecule has 1 N–H and O–H groups in total. The monoisotopic (exact) mass is 594 g/mol. The number of phenolic OH excluding ortho intramolecular Hbond substituents is 1. The lowest BCUT2D eigenvalue weighted by atomic mass is 9.51. The minimum Gasteiger partial charge on any atom is -0.504 e. The van der Waals surface area contributed by atoms with Gasteiger partial charge in [0, 0.05) is 54.9 Å². The molecule has 3 aliphatic carbocycles. The van der Waals surface area contributed by atoms with Crippen molar-refractivity contribution in [2.45, 2.75) is 74.9 Å². The molecule has 1 saturated heterocycles. The Hall–Kier alpha value is -3.71. The molecule has 43 heavy (non-hydrogen) atoms. The Morgan fingerprint density at radius 2 is 1.95 bits per heavy atom. The fraction of sp³-hybridized carbons (Fsp3) is 0.515. The van der Waals surface area contributed by atoms with E-state index in [1.54, 1.807) is 18.0 Å². The van der Waals surface area contributed by atoms with Crippen molar-refractivity contribution in [3.05, 3.63) is 58.7 Å². The summed E-state index contributed by atoms with van der Waals surface area (Å²) in [4.78, 5) is 28.9. The number of nitrogens with zero attached hydrogens (tertiary/aromatic N) is 2. The number of likely N-dealkylation sites (N-methyl/N-ethyl adjacent to an activating group) is 1. The summed E-state index contributed by atoms with van der Waals surface area (Å²) in [7, 11) is 1.70. The maximum absolute atomic E-state index is 13.3. The smallest absolute Gasteiger partial charge is 0.416 e. The number of amides is 1. The number of phenols is 1. The molecule has 0 radical (unpaired) electrons. The molecule has 7 nitrogen and oxygen atoms in total. The second-order valence-corrected chi connectivity index (χ2v) is 12.7. The molecule has 1 amide bonds. The summed E-state index contributed by atoms with van der Waals surface area (Å²) in [5.41, 5.74) is 1.47. The molecule has 5 aliphatic rings. The van der Waals surface area contributed by atoms with E-state index in [1.807, 2.05) is 6.07 Å². The van der Waals surface area contributed by atoms with Gasteiger partial charge in [0.15, 0.2) is 11.5 Å². The third-order valence-corrected chi connectivity index (χ3v) is 10.4. The predicted octanol–water partition coefficient (Wildman–Crippen LogP) is 4.28. The Morgan fingerprint density at radius 1 is 1.19 bits per heavy atom. The van der Waals surface area contributed by atoms with Crippen molar-refractivity contribution in [2.75, 3.05) is 20.1 Å². The lowest BCUT2D eigenvalue weighted by molar-refractivity contribution is -0.143. The first-order valence-corrected chi connectivity index (χ1v) is 14.9. The number of aromatic hydroxyl groups is 1. The van der Waals surface area contributed by atoms with Gasteiger partial charge < -0.3 is 19.5 Å². The van der Waals surface area contributed by atoms with E-state index in [0.717, 1.165) is 56.5 Å². The molecular formula is C33H33F3N2O5. The zero-order chi connectivity index (χ0) is 30.3. The second kappa shape index (κ2) is 9.91. The number of halogens is 3. The molecule has 2 unspecified atom stereocenters. The first-order chi connectivity index (χ1) is 20.5. The summed E-state index contributed by atoms with van der Waals surface area (Å²) in [5.74, 6) is 5.93. The molecule has 2 heterocycles. The summed E-state index contributed by atoms with van der Waals surface area (Å²) in [6.45, 7) is 3.17. The minimum absolute atomic E-state index is 0.00513. The Balaban J connectivity index is 1.14. The van der Waals surface area contributed by atoms with Gasteiger partial charge in [-0.2, -0.15) is 13.2 Å². The van der Waals surface area contributed by atoms with E-state index in [2.05, 4.69) is 16.7 Å². The molecule has 2 bridgehead atoms.